The normalized spacial score (nSPS) is 29.1. The van der Waals surface area contributed by atoms with E-state index in [4.69, 9.17) is 4.74 Å². The Kier molecular flexibility index (Phi) is 5.57. The van der Waals surface area contributed by atoms with Crippen molar-refractivity contribution in [3.8, 4) is 0 Å². The lowest BCUT2D eigenvalue weighted by atomic mass is 9.72. The number of hydrogen-bond acceptors (Lipinski definition) is 3. The molecule has 1 fully saturated rings. The molecule has 3 heteroatoms. The second kappa shape index (κ2) is 7.41. The van der Waals surface area contributed by atoms with Crippen LogP contribution in [0.2, 0.25) is 0 Å². The zero-order valence-corrected chi connectivity index (χ0v) is 12.2. The SMILES string of the molecule is CCOC(=O)CC(=O)[C@H]1CC[C@H](C2C=CC=CC2)CC1. The Bertz CT molecular complexity index is 400. The number of esters is 1. The van der Waals surface area contributed by atoms with Gasteiger partial charge in [-0.2, -0.15) is 0 Å². The number of allylic oxidation sites excluding steroid dienone is 4. The molecule has 0 bridgehead atoms. The first-order valence-corrected chi connectivity index (χ1v) is 7.72. The molecule has 0 aromatic heterocycles. The Labute approximate surface area is 121 Å². The topological polar surface area (TPSA) is 43.4 Å². The van der Waals surface area contributed by atoms with Gasteiger partial charge in [0.05, 0.1) is 6.61 Å². The molecule has 0 radical (unpaired) electrons. The van der Waals surface area contributed by atoms with Crippen molar-refractivity contribution in [3.63, 3.8) is 0 Å². The number of ketones is 1. The highest BCUT2D eigenvalue weighted by atomic mass is 16.5. The molecule has 0 N–H and O–H groups in total. The molecule has 0 aromatic carbocycles. The van der Waals surface area contributed by atoms with Crippen LogP contribution >= 0.6 is 0 Å². The van der Waals surface area contributed by atoms with Crippen molar-refractivity contribution in [1.29, 1.82) is 0 Å². The molecular formula is C17H24O3. The van der Waals surface area contributed by atoms with E-state index in [0.29, 0.717) is 18.4 Å². The molecule has 0 aromatic rings. The standard InChI is InChI=1S/C17H24O3/c1-2-20-17(19)12-16(18)15-10-8-14(9-11-15)13-6-4-3-5-7-13/h3-6,13-15H,2,7-12H2,1H3/t13?,14-,15-. The van der Waals surface area contributed by atoms with Crippen molar-refractivity contribution in [2.45, 2.75) is 45.4 Å². The van der Waals surface area contributed by atoms with Crippen LogP contribution in [0.5, 0.6) is 0 Å². The molecule has 3 nitrogen and oxygen atoms in total. The minimum atomic E-state index is -0.375. The van der Waals surface area contributed by atoms with Crippen LogP contribution in [0, 0.1) is 17.8 Å². The highest BCUT2D eigenvalue weighted by molar-refractivity contribution is 5.96. The van der Waals surface area contributed by atoms with Gasteiger partial charge in [-0.1, -0.05) is 24.3 Å². The van der Waals surface area contributed by atoms with Gasteiger partial charge in [-0.15, -0.1) is 0 Å². The lowest BCUT2D eigenvalue weighted by Gasteiger charge is -2.32. The van der Waals surface area contributed by atoms with Crippen LogP contribution in [0.25, 0.3) is 0 Å². The van der Waals surface area contributed by atoms with E-state index in [-0.39, 0.29) is 24.1 Å². The molecule has 2 aliphatic carbocycles. The maximum atomic E-state index is 12.0. The lowest BCUT2D eigenvalue weighted by Crippen LogP contribution is -2.27. The molecule has 1 saturated carbocycles. The Balaban J connectivity index is 1.76. The number of rotatable bonds is 5. The summed E-state index contributed by atoms with van der Waals surface area (Å²) in [6.45, 7) is 2.11. The van der Waals surface area contributed by atoms with Crippen LogP contribution in [0.4, 0.5) is 0 Å². The molecule has 1 unspecified atom stereocenters. The third kappa shape index (κ3) is 4.06. The molecule has 0 saturated heterocycles. The van der Waals surface area contributed by atoms with Crippen molar-refractivity contribution >= 4 is 11.8 Å². The molecule has 20 heavy (non-hydrogen) atoms. The van der Waals surface area contributed by atoms with Crippen molar-refractivity contribution in [2.75, 3.05) is 6.61 Å². The zero-order valence-electron chi connectivity index (χ0n) is 12.2. The van der Waals surface area contributed by atoms with E-state index in [1.54, 1.807) is 6.92 Å². The van der Waals surface area contributed by atoms with E-state index < -0.39 is 0 Å². The van der Waals surface area contributed by atoms with Crippen LogP contribution in [-0.4, -0.2) is 18.4 Å². The highest BCUT2D eigenvalue weighted by Crippen LogP contribution is 2.37. The molecule has 1 atom stereocenters. The Morgan fingerprint density at radius 3 is 2.50 bits per heavy atom. The predicted octanol–water partition coefficient (Wildman–Crippen LogP) is 3.45. The Hall–Kier alpha value is -1.38. The molecule has 110 valence electrons. The average molecular weight is 276 g/mol. The largest absolute Gasteiger partial charge is 0.466 e. The molecular weight excluding hydrogens is 252 g/mol. The van der Waals surface area contributed by atoms with E-state index >= 15 is 0 Å². The van der Waals surface area contributed by atoms with Gasteiger partial charge in [0.25, 0.3) is 0 Å². The van der Waals surface area contributed by atoms with Crippen molar-refractivity contribution in [2.24, 2.45) is 17.8 Å². The van der Waals surface area contributed by atoms with E-state index in [9.17, 15) is 9.59 Å². The first-order chi connectivity index (χ1) is 9.70. The molecule has 2 aliphatic rings. The second-order valence-corrected chi connectivity index (χ2v) is 5.77. The van der Waals surface area contributed by atoms with E-state index in [0.717, 1.165) is 32.1 Å². The van der Waals surface area contributed by atoms with Crippen LogP contribution in [-0.2, 0) is 14.3 Å². The van der Waals surface area contributed by atoms with Gasteiger partial charge in [-0.3, -0.25) is 9.59 Å². The summed E-state index contributed by atoms with van der Waals surface area (Å²) in [5, 5.41) is 0. The second-order valence-electron chi connectivity index (χ2n) is 5.77. The molecule has 2 rings (SSSR count). The molecule has 0 spiro atoms. The summed E-state index contributed by atoms with van der Waals surface area (Å²) in [5.41, 5.74) is 0. The van der Waals surface area contributed by atoms with E-state index in [1.165, 1.54) is 0 Å². The monoisotopic (exact) mass is 276 g/mol. The van der Waals surface area contributed by atoms with Gasteiger partial charge in [0.15, 0.2) is 0 Å². The van der Waals surface area contributed by atoms with Crippen molar-refractivity contribution < 1.29 is 14.3 Å². The summed E-state index contributed by atoms with van der Waals surface area (Å²) in [6.07, 6.45) is 13.9. The number of ether oxygens (including phenoxy) is 1. The summed E-state index contributed by atoms with van der Waals surface area (Å²) >= 11 is 0. The summed E-state index contributed by atoms with van der Waals surface area (Å²) in [4.78, 5) is 23.4. The third-order valence-corrected chi connectivity index (χ3v) is 4.47. The smallest absolute Gasteiger partial charge is 0.313 e. The van der Waals surface area contributed by atoms with Gasteiger partial charge in [0, 0.05) is 5.92 Å². The number of hydrogen-bond donors (Lipinski definition) is 0. The summed E-state index contributed by atoms with van der Waals surface area (Å²) in [7, 11) is 0. The predicted molar refractivity (Wildman–Crippen MR) is 78.1 cm³/mol. The summed E-state index contributed by atoms with van der Waals surface area (Å²) < 4.78 is 4.84. The van der Waals surface area contributed by atoms with Gasteiger partial charge < -0.3 is 4.74 Å². The van der Waals surface area contributed by atoms with Gasteiger partial charge >= 0.3 is 5.97 Å². The van der Waals surface area contributed by atoms with Crippen molar-refractivity contribution in [3.05, 3.63) is 24.3 Å². The summed E-state index contributed by atoms with van der Waals surface area (Å²) in [5.74, 6) is 1.10. The lowest BCUT2D eigenvalue weighted by molar-refractivity contribution is -0.146. The first kappa shape index (κ1) is 15.0. The number of carbonyl (C=O) groups is 2. The van der Waals surface area contributed by atoms with Gasteiger partial charge in [-0.25, -0.2) is 0 Å². The van der Waals surface area contributed by atoms with E-state index in [2.05, 4.69) is 24.3 Å². The summed E-state index contributed by atoms with van der Waals surface area (Å²) in [6, 6.07) is 0. The third-order valence-electron chi connectivity index (χ3n) is 4.47. The number of Topliss-reactive ketones (excluding diaryl/α,β-unsaturated/α-hetero) is 1. The molecule has 0 amide bonds. The minimum Gasteiger partial charge on any atom is -0.466 e. The fourth-order valence-corrected chi connectivity index (χ4v) is 3.32. The van der Waals surface area contributed by atoms with E-state index in [1.807, 2.05) is 0 Å². The average Bonchev–Trinajstić information content (AvgIpc) is 2.48. The van der Waals surface area contributed by atoms with Crippen LogP contribution in [0.1, 0.15) is 45.4 Å². The van der Waals surface area contributed by atoms with Gasteiger partial charge in [-0.05, 0) is 50.9 Å². The van der Waals surface area contributed by atoms with Crippen LogP contribution < -0.4 is 0 Å². The first-order valence-electron chi connectivity index (χ1n) is 7.72. The van der Waals surface area contributed by atoms with Gasteiger partial charge in [0.1, 0.15) is 12.2 Å². The van der Waals surface area contributed by atoms with Crippen molar-refractivity contribution in [1.82, 2.24) is 0 Å². The van der Waals surface area contributed by atoms with Crippen LogP contribution in [0.15, 0.2) is 24.3 Å². The Morgan fingerprint density at radius 2 is 1.90 bits per heavy atom. The zero-order chi connectivity index (χ0) is 14.4. The Morgan fingerprint density at radius 1 is 1.15 bits per heavy atom. The minimum absolute atomic E-state index is 0.0464. The fourth-order valence-electron chi connectivity index (χ4n) is 3.32. The maximum Gasteiger partial charge on any atom is 0.313 e. The molecule has 0 aliphatic heterocycles. The van der Waals surface area contributed by atoms with Crippen LogP contribution in [0.3, 0.4) is 0 Å². The number of carbonyl (C=O) groups excluding carboxylic acids is 2. The molecule has 0 heterocycles. The maximum absolute atomic E-state index is 12.0. The van der Waals surface area contributed by atoms with Gasteiger partial charge in [0.2, 0.25) is 0 Å². The fraction of sp³-hybridized carbons (Fsp3) is 0.647. The quantitative estimate of drug-likeness (QED) is 0.570. The highest BCUT2D eigenvalue weighted by Gasteiger charge is 2.30.